The molecule has 2 atom stereocenters. The van der Waals surface area contributed by atoms with E-state index in [1.165, 1.54) is 12.7 Å². The summed E-state index contributed by atoms with van der Waals surface area (Å²) in [5.41, 5.74) is 2.30. The van der Waals surface area contributed by atoms with Crippen molar-refractivity contribution >= 4 is 22.4 Å². The van der Waals surface area contributed by atoms with Crippen LogP contribution in [0, 0.1) is 0 Å². The zero-order chi connectivity index (χ0) is 16.2. The molecule has 2 unspecified atom stereocenters. The Bertz CT molecular complexity index is 577. The zero-order valence-electron chi connectivity index (χ0n) is 14.0. The molecule has 1 aromatic carbocycles. The third-order valence-electron chi connectivity index (χ3n) is 4.20. The molecule has 0 saturated carbocycles. The van der Waals surface area contributed by atoms with E-state index in [0.717, 1.165) is 12.0 Å². The summed E-state index contributed by atoms with van der Waals surface area (Å²) in [6.07, 6.45) is 0.982. The van der Waals surface area contributed by atoms with Crippen LogP contribution in [0.5, 0.6) is 0 Å². The molecule has 7 heteroatoms. The Balaban J connectivity index is 0.00000264. The lowest BCUT2D eigenvalue weighted by molar-refractivity contribution is 0.194. The van der Waals surface area contributed by atoms with Crippen LogP contribution in [0.3, 0.4) is 0 Å². The van der Waals surface area contributed by atoms with E-state index >= 15 is 0 Å². The molecule has 0 amide bonds. The quantitative estimate of drug-likeness (QED) is 0.840. The highest BCUT2D eigenvalue weighted by atomic mass is 35.5. The van der Waals surface area contributed by atoms with Crippen LogP contribution in [-0.4, -0.2) is 51.3 Å². The molecule has 0 radical (unpaired) electrons. The van der Waals surface area contributed by atoms with Crippen LogP contribution in [-0.2, 0) is 21.2 Å². The van der Waals surface area contributed by atoms with Crippen LogP contribution in [0.2, 0.25) is 0 Å². The van der Waals surface area contributed by atoms with Gasteiger partial charge in [0.25, 0.3) is 0 Å². The maximum Gasteiger partial charge on any atom is 0.219 e. The number of ether oxygens (including phenoxy) is 1. The number of hydrogen-bond donors (Lipinski definition) is 1. The molecule has 1 fully saturated rings. The summed E-state index contributed by atoms with van der Waals surface area (Å²) >= 11 is 0. The van der Waals surface area contributed by atoms with Gasteiger partial charge in [0.2, 0.25) is 10.0 Å². The molecule has 1 saturated heterocycles. The lowest BCUT2D eigenvalue weighted by Crippen LogP contribution is -2.51. The Morgan fingerprint density at radius 2 is 2.00 bits per heavy atom. The molecule has 1 aliphatic rings. The number of methoxy groups -OCH3 is 1. The highest BCUT2D eigenvalue weighted by molar-refractivity contribution is 7.89. The lowest BCUT2D eigenvalue weighted by atomic mass is 10.0. The number of sulfonamides is 1. The zero-order valence-corrected chi connectivity index (χ0v) is 15.6. The van der Waals surface area contributed by atoms with Crippen LogP contribution in [0.15, 0.2) is 24.3 Å². The van der Waals surface area contributed by atoms with Crippen LogP contribution in [0.1, 0.15) is 31.0 Å². The molecule has 2 rings (SSSR count). The van der Waals surface area contributed by atoms with E-state index in [1.54, 1.807) is 11.2 Å². The van der Waals surface area contributed by atoms with Crippen molar-refractivity contribution in [3.8, 4) is 0 Å². The highest BCUT2D eigenvalue weighted by Crippen LogP contribution is 2.27. The molecule has 1 heterocycles. The van der Waals surface area contributed by atoms with Crippen molar-refractivity contribution in [1.82, 2.24) is 9.62 Å². The van der Waals surface area contributed by atoms with Crippen molar-refractivity contribution in [2.24, 2.45) is 0 Å². The fourth-order valence-corrected chi connectivity index (χ4v) is 4.47. The Labute approximate surface area is 145 Å². The number of rotatable bonds is 6. The second kappa shape index (κ2) is 8.99. The number of piperazine rings is 1. The maximum atomic E-state index is 12.8. The largest absolute Gasteiger partial charge is 0.383 e. The smallest absolute Gasteiger partial charge is 0.219 e. The summed E-state index contributed by atoms with van der Waals surface area (Å²) in [7, 11) is -1.84. The van der Waals surface area contributed by atoms with Gasteiger partial charge < -0.3 is 10.1 Å². The van der Waals surface area contributed by atoms with Crippen molar-refractivity contribution in [3.05, 3.63) is 35.4 Å². The Hall–Kier alpha value is -0.660. The van der Waals surface area contributed by atoms with E-state index in [2.05, 4.69) is 24.4 Å². The van der Waals surface area contributed by atoms with Gasteiger partial charge in [0.1, 0.15) is 0 Å². The second-order valence-corrected chi connectivity index (χ2v) is 8.04. The van der Waals surface area contributed by atoms with Crippen LogP contribution >= 0.6 is 12.4 Å². The van der Waals surface area contributed by atoms with Gasteiger partial charge in [-0.2, -0.15) is 4.31 Å². The number of hydrogen-bond acceptors (Lipinski definition) is 4. The topological polar surface area (TPSA) is 58.6 Å². The predicted octanol–water partition coefficient (Wildman–Crippen LogP) is 1.98. The number of halogens is 1. The fraction of sp³-hybridized carbons (Fsp3) is 0.625. The first-order valence-electron chi connectivity index (χ1n) is 7.79. The van der Waals surface area contributed by atoms with Crippen molar-refractivity contribution in [2.75, 3.05) is 33.4 Å². The third kappa shape index (κ3) is 4.67. The number of nitrogens with one attached hydrogen (secondary N) is 1. The third-order valence-corrected chi connectivity index (χ3v) is 6.45. The Kier molecular flexibility index (Phi) is 7.97. The first kappa shape index (κ1) is 20.4. The molecule has 132 valence electrons. The van der Waals surface area contributed by atoms with Crippen LogP contribution in [0.25, 0.3) is 0 Å². The molecule has 0 spiro atoms. The average Bonchev–Trinajstić information content (AvgIpc) is 2.55. The number of nitrogens with zero attached hydrogens (tertiary/aromatic N) is 1. The van der Waals surface area contributed by atoms with E-state index in [9.17, 15) is 8.42 Å². The molecule has 1 aromatic rings. The van der Waals surface area contributed by atoms with Gasteiger partial charge in [-0.3, -0.25) is 0 Å². The van der Waals surface area contributed by atoms with Crippen molar-refractivity contribution in [2.45, 2.75) is 31.6 Å². The van der Waals surface area contributed by atoms with Gasteiger partial charge in [-0.25, -0.2) is 8.42 Å². The van der Waals surface area contributed by atoms with Crippen molar-refractivity contribution < 1.29 is 13.2 Å². The summed E-state index contributed by atoms with van der Waals surface area (Å²) in [6.45, 7) is 5.86. The van der Waals surface area contributed by atoms with Crippen LogP contribution in [0.4, 0.5) is 0 Å². The Morgan fingerprint density at radius 1 is 1.35 bits per heavy atom. The number of aryl methyl sites for hydroxylation is 1. The molecular weight excluding hydrogens is 336 g/mol. The van der Waals surface area contributed by atoms with Crippen LogP contribution < -0.4 is 5.32 Å². The monoisotopic (exact) mass is 362 g/mol. The molecule has 1 aliphatic heterocycles. The van der Waals surface area contributed by atoms with E-state index in [0.29, 0.717) is 19.6 Å². The SMILES string of the molecule is CCc1ccc(C2CNCCN2S(=O)(=O)C(C)COC)cc1.Cl. The van der Waals surface area contributed by atoms with Crippen molar-refractivity contribution in [3.63, 3.8) is 0 Å². The molecule has 23 heavy (non-hydrogen) atoms. The lowest BCUT2D eigenvalue weighted by Gasteiger charge is -2.37. The predicted molar refractivity (Wildman–Crippen MR) is 95.6 cm³/mol. The van der Waals surface area contributed by atoms with Gasteiger partial charge in [-0.1, -0.05) is 31.2 Å². The number of benzene rings is 1. The second-order valence-electron chi connectivity index (χ2n) is 5.74. The first-order chi connectivity index (χ1) is 10.5. The summed E-state index contributed by atoms with van der Waals surface area (Å²) in [5.74, 6) is 0. The van der Waals surface area contributed by atoms with E-state index in [4.69, 9.17) is 4.74 Å². The normalized spacial score (nSPS) is 20.7. The first-order valence-corrected chi connectivity index (χ1v) is 9.30. The minimum absolute atomic E-state index is 0. The standard InChI is InChI=1S/C16H26N2O3S.ClH/c1-4-14-5-7-15(8-6-14)16-11-17-9-10-18(16)22(19,20)13(2)12-21-3;/h5-8,13,16-17H,4,9-12H2,1-3H3;1H. The van der Waals surface area contributed by atoms with Gasteiger partial charge >= 0.3 is 0 Å². The molecule has 0 aromatic heterocycles. The molecular formula is C16H27ClN2O3S. The van der Waals surface area contributed by atoms with Crippen molar-refractivity contribution in [1.29, 1.82) is 0 Å². The molecule has 0 aliphatic carbocycles. The van der Waals surface area contributed by atoms with Gasteiger partial charge in [-0.15, -0.1) is 12.4 Å². The maximum absolute atomic E-state index is 12.8. The van der Waals surface area contributed by atoms with Gasteiger partial charge in [0, 0.05) is 26.7 Å². The molecule has 1 N–H and O–H groups in total. The summed E-state index contributed by atoms with van der Waals surface area (Å²) < 4.78 is 32.3. The minimum Gasteiger partial charge on any atom is -0.383 e. The fourth-order valence-electron chi connectivity index (χ4n) is 2.80. The summed E-state index contributed by atoms with van der Waals surface area (Å²) in [5, 5.41) is 2.76. The summed E-state index contributed by atoms with van der Waals surface area (Å²) in [4.78, 5) is 0. The Morgan fingerprint density at radius 3 is 2.57 bits per heavy atom. The van der Waals surface area contributed by atoms with Gasteiger partial charge in [0.15, 0.2) is 0 Å². The molecule has 0 bridgehead atoms. The molecule has 5 nitrogen and oxygen atoms in total. The highest BCUT2D eigenvalue weighted by Gasteiger charge is 2.36. The minimum atomic E-state index is -3.37. The van der Waals surface area contributed by atoms with E-state index < -0.39 is 15.3 Å². The van der Waals surface area contributed by atoms with Gasteiger partial charge in [-0.05, 0) is 24.5 Å². The summed E-state index contributed by atoms with van der Waals surface area (Å²) in [6, 6.07) is 8.09. The van der Waals surface area contributed by atoms with E-state index in [-0.39, 0.29) is 25.1 Å². The van der Waals surface area contributed by atoms with Gasteiger partial charge in [0.05, 0.1) is 17.9 Å². The average molecular weight is 363 g/mol. The van der Waals surface area contributed by atoms with E-state index in [1.807, 2.05) is 12.1 Å².